The van der Waals surface area contributed by atoms with Crippen molar-refractivity contribution in [2.24, 2.45) is 17.1 Å². The SMILES string of the molecule is Cc1ncc([C@@H](CC(=O)NC[C@H](C)CCCc2ccc(C(N)=O)c(F)c2Cl)C2(C(F)(F)F)CC2)cn1. The monoisotopic (exact) mass is 528 g/mol. The minimum atomic E-state index is -4.42. The van der Waals surface area contributed by atoms with Gasteiger partial charge in [-0.1, -0.05) is 24.6 Å². The molecule has 11 heteroatoms. The zero-order chi connectivity index (χ0) is 26.7. The number of nitrogens with two attached hydrogens (primary N) is 1. The van der Waals surface area contributed by atoms with Gasteiger partial charge in [0.25, 0.3) is 5.91 Å². The van der Waals surface area contributed by atoms with Gasteiger partial charge < -0.3 is 11.1 Å². The third kappa shape index (κ3) is 6.32. The molecule has 1 aliphatic rings. The first-order valence-corrected chi connectivity index (χ1v) is 12.1. The van der Waals surface area contributed by atoms with Gasteiger partial charge in [-0.05, 0) is 62.1 Å². The largest absolute Gasteiger partial charge is 0.395 e. The number of nitrogens with zero attached hydrogens (tertiary/aromatic N) is 2. The van der Waals surface area contributed by atoms with Gasteiger partial charge in [-0.25, -0.2) is 14.4 Å². The second-order valence-electron chi connectivity index (χ2n) is 9.54. The van der Waals surface area contributed by atoms with Crippen molar-refractivity contribution < 1.29 is 27.2 Å². The molecule has 2 atom stereocenters. The third-order valence-corrected chi connectivity index (χ3v) is 7.24. The van der Waals surface area contributed by atoms with Crippen LogP contribution in [0.4, 0.5) is 17.6 Å². The van der Waals surface area contributed by atoms with Crippen LogP contribution in [0.25, 0.3) is 0 Å². The van der Waals surface area contributed by atoms with Crippen LogP contribution in [0.5, 0.6) is 0 Å². The minimum absolute atomic E-state index is 0.0255. The number of hydrogen-bond acceptors (Lipinski definition) is 4. The number of hydrogen-bond donors (Lipinski definition) is 2. The molecule has 0 radical (unpaired) electrons. The first-order chi connectivity index (χ1) is 16.9. The van der Waals surface area contributed by atoms with Gasteiger partial charge in [0, 0.05) is 31.3 Å². The van der Waals surface area contributed by atoms with E-state index in [1.165, 1.54) is 18.5 Å². The van der Waals surface area contributed by atoms with Crippen molar-refractivity contribution >= 4 is 23.4 Å². The molecule has 1 aromatic heterocycles. The predicted octanol–water partition coefficient (Wildman–Crippen LogP) is 5.27. The maximum Gasteiger partial charge on any atom is 0.395 e. The fourth-order valence-corrected chi connectivity index (χ4v) is 4.70. The van der Waals surface area contributed by atoms with E-state index in [9.17, 15) is 27.2 Å². The van der Waals surface area contributed by atoms with Crippen LogP contribution >= 0.6 is 11.6 Å². The zero-order valence-corrected chi connectivity index (χ0v) is 20.8. The summed E-state index contributed by atoms with van der Waals surface area (Å²) in [7, 11) is 0. The predicted molar refractivity (Wildman–Crippen MR) is 127 cm³/mol. The number of carbonyl (C=O) groups is 2. The fourth-order valence-electron chi connectivity index (χ4n) is 4.44. The number of amides is 2. The average Bonchev–Trinajstić information content (AvgIpc) is 3.61. The summed E-state index contributed by atoms with van der Waals surface area (Å²) in [5, 5.41) is 2.61. The fraction of sp³-hybridized carbons (Fsp3) is 0.520. The standard InChI is InChI=1S/C25H29ClF4N4O2/c1-14(4-3-5-16-6-7-18(23(31)36)22(27)21(16)26)11-34-20(35)10-19(17-12-32-15(2)33-13-17)24(8-9-24)25(28,29)30/h6-7,12-14,19H,3-5,8-11H2,1-2H3,(H2,31,36)(H,34,35)/t14-,19-/m1/s1. The van der Waals surface area contributed by atoms with Crippen LogP contribution in [0.2, 0.25) is 5.02 Å². The normalized spacial score (nSPS) is 16.3. The molecule has 2 amide bonds. The molecular formula is C25H29ClF4N4O2. The first-order valence-electron chi connectivity index (χ1n) is 11.7. The molecule has 0 aliphatic heterocycles. The summed E-state index contributed by atoms with van der Waals surface area (Å²) >= 11 is 6.01. The summed E-state index contributed by atoms with van der Waals surface area (Å²) in [5.74, 6) is -2.78. The molecule has 1 aromatic carbocycles. The van der Waals surface area contributed by atoms with Gasteiger partial charge >= 0.3 is 6.18 Å². The Balaban J connectivity index is 1.53. The van der Waals surface area contributed by atoms with Gasteiger partial charge in [0.2, 0.25) is 5.91 Å². The Hall–Kier alpha value is -2.75. The molecule has 1 saturated carbocycles. The lowest BCUT2D eigenvalue weighted by atomic mass is 9.81. The lowest BCUT2D eigenvalue weighted by Gasteiger charge is -2.29. The summed E-state index contributed by atoms with van der Waals surface area (Å²) in [6.45, 7) is 3.84. The summed E-state index contributed by atoms with van der Waals surface area (Å²) in [5.41, 5.74) is 3.77. The molecule has 0 unspecified atom stereocenters. The third-order valence-electron chi connectivity index (χ3n) is 6.83. The van der Waals surface area contributed by atoms with Crippen LogP contribution in [-0.2, 0) is 11.2 Å². The van der Waals surface area contributed by atoms with Crippen LogP contribution in [0, 0.1) is 24.1 Å². The Morgan fingerprint density at radius 2 is 1.86 bits per heavy atom. The Morgan fingerprint density at radius 3 is 2.42 bits per heavy atom. The van der Waals surface area contributed by atoms with E-state index in [0.29, 0.717) is 36.2 Å². The summed E-state index contributed by atoms with van der Waals surface area (Å²) < 4.78 is 55.7. The lowest BCUT2D eigenvalue weighted by Crippen LogP contribution is -2.36. The second-order valence-corrected chi connectivity index (χ2v) is 9.92. The highest BCUT2D eigenvalue weighted by atomic mass is 35.5. The van der Waals surface area contributed by atoms with E-state index in [2.05, 4.69) is 15.3 Å². The van der Waals surface area contributed by atoms with E-state index < -0.39 is 35.1 Å². The maximum atomic E-state index is 14.2. The van der Waals surface area contributed by atoms with E-state index in [4.69, 9.17) is 17.3 Å². The van der Waals surface area contributed by atoms with Gasteiger partial charge in [-0.15, -0.1) is 0 Å². The van der Waals surface area contributed by atoms with Gasteiger partial charge in [-0.2, -0.15) is 13.2 Å². The number of rotatable bonds is 11. The summed E-state index contributed by atoms with van der Waals surface area (Å²) in [4.78, 5) is 31.9. The Labute approximate surface area is 212 Å². The topological polar surface area (TPSA) is 98.0 Å². The van der Waals surface area contributed by atoms with Crippen LogP contribution in [-0.4, -0.2) is 34.5 Å². The first kappa shape index (κ1) is 27.8. The summed E-state index contributed by atoms with van der Waals surface area (Å²) in [6.07, 6.45) is -0.283. The van der Waals surface area contributed by atoms with Crippen molar-refractivity contribution in [3.05, 3.63) is 57.9 Å². The quantitative estimate of drug-likeness (QED) is 0.388. The van der Waals surface area contributed by atoms with E-state index >= 15 is 0 Å². The van der Waals surface area contributed by atoms with Crippen LogP contribution in [0.1, 0.15) is 72.3 Å². The number of nitrogens with one attached hydrogen (secondary N) is 1. The maximum absolute atomic E-state index is 14.2. The van der Waals surface area contributed by atoms with Crippen molar-refractivity contribution in [1.82, 2.24) is 15.3 Å². The van der Waals surface area contributed by atoms with E-state index in [1.54, 1.807) is 13.0 Å². The molecule has 6 nitrogen and oxygen atoms in total. The molecule has 2 aromatic rings. The van der Waals surface area contributed by atoms with Crippen molar-refractivity contribution in [2.45, 2.75) is 64.5 Å². The molecular weight excluding hydrogens is 500 g/mol. The number of aromatic nitrogens is 2. The molecule has 1 heterocycles. The van der Waals surface area contributed by atoms with Gasteiger partial charge in [0.15, 0.2) is 5.82 Å². The number of benzene rings is 1. The molecule has 36 heavy (non-hydrogen) atoms. The highest BCUT2D eigenvalue weighted by Gasteiger charge is 2.67. The van der Waals surface area contributed by atoms with Crippen molar-refractivity contribution in [1.29, 1.82) is 0 Å². The highest BCUT2D eigenvalue weighted by molar-refractivity contribution is 6.31. The molecule has 1 aliphatic carbocycles. The van der Waals surface area contributed by atoms with Gasteiger partial charge in [0.1, 0.15) is 5.82 Å². The van der Waals surface area contributed by atoms with Gasteiger partial charge in [-0.3, -0.25) is 9.59 Å². The molecule has 0 bridgehead atoms. The second kappa shape index (κ2) is 11.1. The lowest BCUT2D eigenvalue weighted by molar-refractivity contribution is -0.194. The average molecular weight is 529 g/mol. The van der Waals surface area contributed by atoms with E-state index in [-0.39, 0.29) is 42.3 Å². The van der Waals surface area contributed by atoms with Crippen molar-refractivity contribution in [2.75, 3.05) is 6.54 Å². The van der Waals surface area contributed by atoms with Crippen LogP contribution < -0.4 is 11.1 Å². The number of halogens is 5. The van der Waals surface area contributed by atoms with E-state index in [1.807, 2.05) is 6.92 Å². The molecule has 0 saturated heterocycles. The molecule has 3 rings (SSSR count). The molecule has 1 fully saturated rings. The van der Waals surface area contributed by atoms with Crippen molar-refractivity contribution in [3.8, 4) is 0 Å². The van der Waals surface area contributed by atoms with Gasteiger partial charge in [0.05, 0.1) is 16.0 Å². The number of carbonyl (C=O) groups excluding carboxylic acids is 2. The van der Waals surface area contributed by atoms with Crippen LogP contribution in [0.3, 0.4) is 0 Å². The Bertz CT molecular complexity index is 1100. The number of alkyl halides is 3. The minimum Gasteiger partial charge on any atom is -0.366 e. The number of primary amides is 1. The Kier molecular flexibility index (Phi) is 8.59. The van der Waals surface area contributed by atoms with Crippen LogP contribution in [0.15, 0.2) is 24.5 Å². The van der Waals surface area contributed by atoms with Crippen molar-refractivity contribution in [3.63, 3.8) is 0 Å². The Morgan fingerprint density at radius 1 is 1.22 bits per heavy atom. The number of aryl methyl sites for hydroxylation is 2. The zero-order valence-electron chi connectivity index (χ0n) is 20.1. The molecule has 196 valence electrons. The van der Waals surface area contributed by atoms with E-state index in [0.717, 1.165) is 0 Å². The summed E-state index contributed by atoms with van der Waals surface area (Å²) in [6, 6.07) is 2.85. The molecule has 0 spiro atoms. The molecule has 3 N–H and O–H groups in total. The smallest absolute Gasteiger partial charge is 0.366 e. The highest BCUT2D eigenvalue weighted by Crippen LogP contribution is 2.66.